The molecule has 8 heteroatoms. The van der Waals surface area contributed by atoms with Crippen molar-refractivity contribution in [2.45, 2.75) is 32.0 Å². The molecule has 0 unspecified atom stereocenters. The molecule has 0 bridgehead atoms. The lowest BCUT2D eigenvalue weighted by atomic mass is 10.2. The first-order valence-corrected chi connectivity index (χ1v) is 7.05. The molecule has 1 rings (SSSR count). The second-order valence-corrected chi connectivity index (χ2v) is 4.92. The molecule has 0 spiro atoms. The molecule has 1 aromatic rings. The molecule has 0 amide bonds. The van der Waals surface area contributed by atoms with E-state index in [4.69, 9.17) is 11.6 Å². The molecule has 0 aliphatic rings. The highest BCUT2D eigenvalue weighted by molar-refractivity contribution is 14.0. The van der Waals surface area contributed by atoms with Crippen molar-refractivity contribution in [3.63, 3.8) is 0 Å². The normalized spacial score (nSPS) is 11.8. The van der Waals surface area contributed by atoms with Crippen molar-refractivity contribution in [3.05, 3.63) is 34.9 Å². The number of unbranched alkanes of at least 4 members (excludes halogenated alkanes) is 1. The number of hydrogen-bond donors (Lipinski definition) is 2. The molecule has 0 atom stereocenters. The molecule has 22 heavy (non-hydrogen) atoms. The fourth-order valence-corrected chi connectivity index (χ4v) is 1.90. The first kappa shape index (κ1) is 21.3. The summed E-state index contributed by atoms with van der Waals surface area (Å²) in [7, 11) is 1.61. The molecule has 2 N–H and O–H groups in total. The van der Waals surface area contributed by atoms with Crippen LogP contribution in [-0.2, 0) is 6.54 Å². The quantitative estimate of drug-likeness (QED) is 0.293. The zero-order valence-electron chi connectivity index (χ0n) is 12.2. The maximum atomic E-state index is 12.0. The Balaban J connectivity index is 0.00000441. The Hall–Kier alpha value is -0.700. The summed E-state index contributed by atoms with van der Waals surface area (Å²) in [6.07, 6.45) is -4.28. The van der Waals surface area contributed by atoms with E-state index in [0.29, 0.717) is 30.5 Å². The molecule has 3 nitrogen and oxygen atoms in total. The Morgan fingerprint density at radius 1 is 1.18 bits per heavy atom. The van der Waals surface area contributed by atoms with Crippen LogP contribution < -0.4 is 10.6 Å². The van der Waals surface area contributed by atoms with Crippen molar-refractivity contribution >= 4 is 41.5 Å². The predicted octanol–water partition coefficient (Wildman–Crippen LogP) is 4.36. The molecule has 0 saturated carbocycles. The van der Waals surface area contributed by atoms with Gasteiger partial charge in [0.05, 0.1) is 0 Å². The van der Waals surface area contributed by atoms with Crippen LogP contribution in [0, 0.1) is 0 Å². The summed E-state index contributed by atoms with van der Waals surface area (Å²) in [6, 6.07) is 7.42. The number of aliphatic imine (C=N–C) groups is 1. The smallest absolute Gasteiger partial charge is 0.356 e. The molecule has 1 aromatic carbocycles. The Morgan fingerprint density at radius 2 is 1.86 bits per heavy atom. The average Bonchev–Trinajstić information content (AvgIpc) is 2.42. The molecule has 0 aliphatic carbocycles. The SMILES string of the molecule is CN=C(NCCCCC(F)(F)F)NCc1ccccc1Cl.I. The Morgan fingerprint density at radius 3 is 2.45 bits per heavy atom. The molecule has 0 aliphatic heterocycles. The Bertz CT molecular complexity index is 467. The van der Waals surface area contributed by atoms with E-state index in [1.54, 1.807) is 13.1 Å². The standard InChI is InChI=1S/C14H19ClF3N3.HI/c1-19-13(20-9-5-4-8-14(16,17)18)21-10-11-6-2-3-7-12(11)15;/h2-3,6-7H,4-5,8-10H2,1H3,(H2,19,20,21);1H. The van der Waals surface area contributed by atoms with Crippen LogP contribution in [0.4, 0.5) is 13.2 Å². The van der Waals surface area contributed by atoms with E-state index in [-0.39, 0.29) is 30.4 Å². The van der Waals surface area contributed by atoms with Gasteiger partial charge in [-0.3, -0.25) is 4.99 Å². The Kier molecular flexibility index (Phi) is 10.6. The van der Waals surface area contributed by atoms with E-state index in [2.05, 4.69) is 15.6 Å². The van der Waals surface area contributed by atoms with E-state index < -0.39 is 12.6 Å². The van der Waals surface area contributed by atoms with Crippen molar-refractivity contribution in [2.75, 3.05) is 13.6 Å². The molecule has 0 radical (unpaired) electrons. The average molecular weight is 450 g/mol. The number of guanidine groups is 1. The van der Waals surface area contributed by atoms with Gasteiger partial charge in [0.15, 0.2) is 5.96 Å². The van der Waals surface area contributed by atoms with E-state index in [1.165, 1.54) is 0 Å². The van der Waals surface area contributed by atoms with Crippen molar-refractivity contribution in [1.82, 2.24) is 10.6 Å². The lowest BCUT2D eigenvalue weighted by Gasteiger charge is -2.13. The number of benzene rings is 1. The summed E-state index contributed by atoms with van der Waals surface area (Å²) in [6.45, 7) is 0.945. The van der Waals surface area contributed by atoms with Crippen LogP contribution in [0.2, 0.25) is 5.02 Å². The van der Waals surface area contributed by atoms with Crippen LogP contribution in [0.25, 0.3) is 0 Å². The molecule has 0 heterocycles. The fourth-order valence-electron chi connectivity index (χ4n) is 1.70. The highest BCUT2D eigenvalue weighted by atomic mass is 127. The number of rotatable bonds is 6. The van der Waals surface area contributed by atoms with E-state index in [0.717, 1.165) is 5.56 Å². The molecular formula is C14H20ClF3IN3. The van der Waals surface area contributed by atoms with Crippen LogP contribution >= 0.6 is 35.6 Å². The number of halogens is 5. The highest BCUT2D eigenvalue weighted by Crippen LogP contribution is 2.21. The van der Waals surface area contributed by atoms with Gasteiger partial charge in [0, 0.05) is 31.6 Å². The largest absolute Gasteiger partial charge is 0.389 e. The second kappa shape index (κ2) is 10.9. The van der Waals surface area contributed by atoms with Crippen LogP contribution in [0.3, 0.4) is 0 Å². The second-order valence-electron chi connectivity index (χ2n) is 4.52. The minimum absolute atomic E-state index is 0. The van der Waals surface area contributed by atoms with Gasteiger partial charge in [-0.15, -0.1) is 24.0 Å². The van der Waals surface area contributed by atoms with Crippen molar-refractivity contribution in [1.29, 1.82) is 0 Å². The first-order valence-electron chi connectivity index (χ1n) is 6.67. The maximum absolute atomic E-state index is 12.0. The molecule has 126 valence electrons. The summed E-state index contributed by atoms with van der Waals surface area (Å²) in [5, 5.41) is 6.70. The number of nitrogens with one attached hydrogen (secondary N) is 2. The van der Waals surface area contributed by atoms with Crippen molar-refractivity contribution in [3.8, 4) is 0 Å². The summed E-state index contributed by atoms with van der Waals surface area (Å²) in [5.41, 5.74) is 0.930. The van der Waals surface area contributed by atoms with Crippen LogP contribution in [-0.4, -0.2) is 25.7 Å². The van der Waals surface area contributed by atoms with Crippen LogP contribution in [0.5, 0.6) is 0 Å². The number of alkyl halides is 3. The van der Waals surface area contributed by atoms with E-state index in [9.17, 15) is 13.2 Å². The Labute approximate surface area is 150 Å². The van der Waals surface area contributed by atoms with Gasteiger partial charge < -0.3 is 10.6 Å². The van der Waals surface area contributed by atoms with Crippen molar-refractivity contribution < 1.29 is 13.2 Å². The third-order valence-electron chi connectivity index (χ3n) is 2.81. The van der Waals surface area contributed by atoms with Gasteiger partial charge in [-0.2, -0.15) is 13.2 Å². The van der Waals surface area contributed by atoms with Gasteiger partial charge in [-0.05, 0) is 24.5 Å². The third-order valence-corrected chi connectivity index (χ3v) is 3.18. The summed E-state index contributed by atoms with van der Waals surface area (Å²) in [5.74, 6) is 0.543. The zero-order chi connectivity index (χ0) is 15.7. The minimum atomic E-state index is -4.08. The number of nitrogens with zero attached hydrogens (tertiary/aromatic N) is 1. The summed E-state index contributed by atoms with van der Waals surface area (Å²) >= 11 is 6.03. The summed E-state index contributed by atoms with van der Waals surface area (Å²) in [4.78, 5) is 4.01. The topological polar surface area (TPSA) is 36.4 Å². The van der Waals surface area contributed by atoms with Gasteiger partial charge in [-0.25, -0.2) is 0 Å². The third kappa shape index (κ3) is 9.34. The van der Waals surface area contributed by atoms with Crippen LogP contribution in [0.1, 0.15) is 24.8 Å². The summed E-state index contributed by atoms with van der Waals surface area (Å²) < 4.78 is 36.0. The lowest BCUT2D eigenvalue weighted by Crippen LogP contribution is -2.37. The monoisotopic (exact) mass is 449 g/mol. The van der Waals surface area contributed by atoms with Gasteiger partial charge in [0.25, 0.3) is 0 Å². The zero-order valence-corrected chi connectivity index (χ0v) is 15.3. The predicted molar refractivity (Wildman–Crippen MR) is 95.0 cm³/mol. The number of hydrogen-bond acceptors (Lipinski definition) is 1. The van der Waals surface area contributed by atoms with E-state index >= 15 is 0 Å². The fraction of sp³-hybridized carbons (Fsp3) is 0.500. The first-order chi connectivity index (χ1) is 9.92. The highest BCUT2D eigenvalue weighted by Gasteiger charge is 2.25. The minimum Gasteiger partial charge on any atom is -0.356 e. The van der Waals surface area contributed by atoms with Gasteiger partial charge in [0.1, 0.15) is 0 Å². The van der Waals surface area contributed by atoms with Crippen LogP contribution in [0.15, 0.2) is 29.3 Å². The van der Waals surface area contributed by atoms with Gasteiger partial charge >= 0.3 is 6.18 Å². The van der Waals surface area contributed by atoms with Gasteiger partial charge in [0.2, 0.25) is 0 Å². The molecule has 0 saturated heterocycles. The van der Waals surface area contributed by atoms with Crippen molar-refractivity contribution in [2.24, 2.45) is 4.99 Å². The maximum Gasteiger partial charge on any atom is 0.389 e. The van der Waals surface area contributed by atoms with Gasteiger partial charge in [-0.1, -0.05) is 29.8 Å². The molecule has 0 aromatic heterocycles. The molecular weight excluding hydrogens is 430 g/mol. The van der Waals surface area contributed by atoms with E-state index in [1.807, 2.05) is 18.2 Å². The lowest BCUT2D eigenvalue weighted by molar-refractivity contribution is -0.135. The molecule has 0 fully saturated rings.